The fourth-order valence-corrected chi connectivity index (χ4v) is 4.39. The smallest absolute Gasteiger partial charge is 0.246 e. The Morgan fingerprint density at radius 1 is 1.07 bits per heavy atom. The maximum Gasteiger partial charge on any atom is 0.246 e. The normalized spacial score (nSPS) is 17.6. The fraction of sp³-hybridized carbons (Fsp3) is 0.318. The number of carbonyl (C=O) groups is 1. The first-order chi connectivity index (χ1) is 13.2. The summed E-state index contributed by atoms with van der Waals surface area (Å²) in [5.74, 6) is 2.34. The monoisotopic (exact) mass is 383 g/mol. The van der Waals surface area contributed by atoms with Crippen molar-refractivity contribution in [1.82, 2.24) is 4.90 Å². The Balaban J connectivity index is 1.62. The third kappa shape index (κ3) is 5.07. The van der Waals surface area contributed by atoms with Crippen molar-refractivity contribution in [2.24, 2.45) is 0 Å². The molecule has 0 aromatic heterocycles. The Hall–Kier alpha value is -2.40. The van der Waals surface area contributed by atoms with E-state index in [9.17, 15) is 4.79 Å². The van der Waals surface area contributed by atoms with Crippen LogP contribution in [0, 0.1) is 0 Å². The van der Waals surface area contributed by atoms with E-state index >= 15 is 0 Å². The number of benzene rings is 2. The molecule has 1 atom stereocenters. The maximum atomic E-state index is 12.6. The van der Waals surface area contributed by atoms with Crippen molar-refractivity contribution in [2.45, 2.75) is 11.7 Å². The molecule has 0 radical (unpaired) electrons. The van der Waals surface area contributed by atoms with Gasteiger partial charge < -0.3 is 14.4 Å². The van der Waals surface area contributed by atoms with Crippen molar-refractivity contribution in [3.8, 4) is 11.5 Å². The van der Waals surface area contributed by atoms with E-state index in [1.54, 1.807) is 20.3 Å². The molecule has 142 valence electrons. The molecule has 1 aliphatic rings. The average Bonchev–Trinajstić information content (AvgIpc) is 2.98. The van der Waals surface area contributed by atoms with Crippen molar-refractivity contribution in [3.63, 3.8) is 0 Å². The number of thioether (sulfide) groups is 1. The van der Waals surface area contributed by atoms with E-state index in [0.29, 0.717) is 16.7 Å². The van der Waals surface area contributed by atoms with Crippen molar-refractivity contribution in [3.05, 3.63) is 65.7 Å². The largest absolute Gasteiger partial charge is 0.493 e. The van der Waals surface area contributed by atoms with Gasteiger partial charge in [-0.2, -0.15) is 11.8 Å². The lowest BCUT2D eigenvalue weighted by atomic mass is 10.1. The SMILES string of the molecule is COc1ccc(C=CC(=O)N2CCSC(c3ccccc3)CC2)cc1OC. The molecule has 2 aromatic carbocycles. The van der Waals surface area contributed by atoms with E-state index in [0.717, 1.165) is 30.8 Å². The van der Waals surface area contributed by atoms with Gasteiger partial charge in [-0.15, -0.1) is 0 Å². The Kier molecular flexibility index (Phi) is 6.82. The van der Waals surface area contributed by atoms with Crippen LogP contribution in [0.2, 0.25) is 0 Å². The Labute approximate surface area is 165 Å². The minimum absolute atomic E-state index is 0.0547. The molecule has 0 N–H and O–H groups in total. The molecule has 3 rings (SSSR count). The second-order valence-electron chi connectivity index (χ2n) is 6.33. The number of ether oxygens (including phenoxy) is 2. The Morgan fingerprint density at radius 3 is 2.59 bits per heavy atom. The van der Waals surface area contributed by atoms with Crippen molar-refractivity contribution in [1.29, 1.82) is 0 Å². The predicted molar refractivity (Wildman–Crippen MR) is 111 cm³/mol. The highest BCUT2D eigenvalue weighted by Gasteiger charge is 2.20. The molecule has 0 saturated carbocycles. The van der Waals surface area contributed by atoms with Gasteiger partial charge in [-0.1, -0.05) is 36.4 Å². The lowest BCUT2D eigenvalue weighted by Crippen LogP contribution is -2.31. The molecule has 1 saturated heterocycles. The molecular formula is C22H25NO3S. The number of hydrogen-bond donors (Lipinski definition) is 0. The molecule has 1 unspecified atom stereocenters. The average molecular weight is 384 g/mol. The summed E-state index contributed by atoms with van der Waals surface area (Å²) < 4.78 is 10.6. The van der Waals surface area contributed by atoms with Gasteiger partial charge >= 0.3 is 0 Å². The van der Waals surface area contributed by atoms with E-state index in [4.69, 9.17) is 9.47 Å². The van der Waals surface area contributed by atoms with Crippen LogP contribution in [0.1, 0.15) is 22.8 Å². The number of methoxy groups -OCH3 is 2. The molecule has 27 heavy (non-hydrogen) atoms. The molecule has 0 aliphatic carbocycles. The second kappa shape index (κ2) is 9.51. The summed E-state index contributed by atoms with van der Waals surface area (Å²) in [5.41, 5.74) is 2.25. The molecule has 0 spiro atoms. The Morgan fingerprint density at radius 2 is 1.85 bits per heavy atom. The maximum absolute atomic E-state index is 12.6. The third-order valence-corrected chi connectivity index (χ3v) is 5.98. The van der Waals surface area contributed by atoms with Crippen LogP contribution < -0.4 is 9.47 Å². The van der Waals surface area contributed by atoms with Crippen molar-refractivity contribution >= 4 is 23.7 Å². The first-order valence-electron chi connectivity index (χ1n) is 9.07. The summed E-state index contributed by atoms with van der Waals surface area (Å²) in [6, 6.07) is 16.2. The summed E-state index contributed by atoms with van der Waals surface area (Å²) in [7, 11) is 3.21. The molecule has 4 nitrogen and oxygen atoms in total. The standard InChI is InChI=1S/C22H25NO3S/c1-25-19-10-8-17(16-20(19)26-2)9-11-22(24)23-13-12-21(27-15-14-23)18-6-4-3-5-7-18/h3-11,16,21H,12-15H2,1-2H3. The predicted octanol–water partition coefficient (Wildman–Crippen LogP) is 4.42. The van der Waals surface area contributed by atoms with Crippen LogP contribution in [0.5, 0.6) is 11.5 Å². The van der Waals surface area contributed by atoms with E-state index in [1.807, 2.05) is 47.0 Å². The lowest BCUT2D eigenvalue weighted by molar-refractivity contribution is -0.125. The summed E-state index contributed by atoms with van der Waals surface area (Å²) in [6.45, 7) is 1.56. The van der Waals surface area contributed by atoms with Gasteiger partial charge in [0.1, 0.15) is 0 Å². The van der Waals surface area contributed by atoms with Crippen LogP contribution in [0.4, 0.5) is 0 Å². The molecule has 1 heterocycles. The third-order valence-electron chi connectivity index (χ3n) is 4.65. The summed E-state index contributed by atoms with van der Waals surface area (Å²) >= 11 is 1.93. The molecule has 1 amide bonds. The van der Waals surface area contributed by atoms with Gasteiger partial charge in [0.15, 0.2) is 11.5 Å². The number of nitrogens with zero attached hydrogens (tertiary/aromatic N) is 1. The van der Waals surface area contributed by atoms with Gasteiger partial charge in [-0.3, -0.25) is 4.79 Å². The quantitative estimate of drug-likeness (QED) is 0.716. The second-order valence-corrected chi connectivity index (χ2v) is 7.64. The first-order valence-corrected chi connectivity index (χ1v) is 10.1. The number of hydrogen-bond acceptors (Lipinski definition) is 4. The molecule has 1 fully saturated rings. The van der Waals surface area contributed by atoms with Crippen LogP contribution >= 0.6 is 11.8 Å². The van der Waals surface area contributed by atoms with Gasteiger partial charge in [-0.05, 0) is 35.8 Å². The van der Waals surface area contributed by atoms with Crippen LogP contribution in [0.15, 0.2) is 54.6 Å². The van der Waals surface area contributed by atoms with Gasteiger partial charge in [0.05, 0.1) is 14.2 Å². The van der Waals surface area contributed by atoms with Gasteiger partial charge in [0.2, 0.25) is 5.91 Å². The minimum atomic E-state index is 0.0547. The van der Waals surface area contributed by atoms with E-state index in [1.165, 1.54) is 5.56 Å². The highest BCUT2D eigenvalue weighted by molar-refractivity contribution is 7.99. The van der Waals surface area contributed by atoms with Crippen molar-refractivity contribution < 1.29 is 14.3 Å². The van der Waals surface area contributed by atoms with E-state index in [-0.39, 0.29) is 5.91 Å². The lowest BCUT2D eigenvalue weighted by Gasteiger charge is -2.18. The Bertz CT molecular complexity index is 791. The number of rotatable bonds is 5. The first kappa shape index (κ1) is 19.4. The van der Waals surface area contributed by atoms with Crippen LogP contribution in [-0.2, 0) is 4.79 Å². The van der Waals surface area contributed by atoms with Gasteiger partial charge in [0.25, 0.3) is 0 Å². The van der Waals surface area contributed by atoms with Crippen LogP contribution in [-0.4, -0.2) is 43.9 Å². The molecule has 5 heteroatoms. The molecule has 2 aromatic rings. The molecule has 1 aliphatic heterocycles. The van der Waals surface area contributed by atoms with Crippen LogP contribution in [0.3, 0.4) is 0 Å². The summed E-state index contributed by atoms with van der Waals surface area (Å²) in [5, 5.41) is 0.457. The summed E-state index contributed by atoms with van der Waals surface area (Å²) in [6.07, 6.45) is 4.45. The van der Waals surface area contributed by atoms with Gasteiger partial charge in [0, 0.05) is 30.2 Å². The molecule has 0 bridgehead atoms. The number of amides is 1. The highest BCUT2D eigenvalue weighted by Crippen LogP contribution is 2.34. The van der Waals surface area contributed by atoms with Crippen LogP contribution in [0.25, 0.3) is 6.08 Å². The van der Waals surface area contributed by atoms with E-state index in [2.05, 4.69) is 24.3 Å². The zero-order chi connectivity index (χ0) is 19.1. The summed E-state index contributed by atoms with van der Waals surface area (Å²) in [4.78, 5) is 14.6. The van der Waals surface area contributed by atoms with Crippen molar-refractivity contribution in [2.75, 3.05) is 33.1 Å². The van der Waals surface area contributed by atoms with Gasteiger partial charge in [-0.25, -0.2) is 0 Å². The zero-order valence-electron chi connectivity index (χ0n) is 15.8. The topological polar surface area (TPSA) is 38.8 Å². The minimum Gasteiger partial charge on any atom is -0.493 e. The van der Waals surface area contributed by atoms with E-state index < -0.39 is 0 Å². The fourth-order valence-electron chi connectivity index (χ4n) is 3.15. The molecular weight excluding hydrogens is 358 g/mol. The zero-order valence-corrected chi connectivity index (χ0v) is 16.6. The highest BCUT2D eigenvalue weighted by atomic mass is 32.2. The number of carbonyl (C=O) groups excluding carboxylic acids is 1.